The van der Waals surface area contributed by atoms with Gasteiger partial charge in [0, 0.05) is 16.7 Å². The lowest BCUT2D eigenvalue weighted by Crippen LogP contribution is -2.45. The van der Waals surface area contributed by atoms with E-state index in [1.165, 1.54) is 12.1 Å². The Morgan fingerprint density at radius 1 is 1.02 bits per heavy atom. The van der Waals surface area contributed by atoms with Crippen LogP contribution in [0.4, 0.5) is 5.95 Å². The fourth-order valence-corrected chi connectivity index (χ4v) is 7.15. The summed E-state index contributed by atoms with van der Waals surface area (Å²) < 4.78 is 42.5. The minimum atomic E-state index is -4.21. The predicted octanol–water partition coefficient (Wildman–Crippen LogP) is 7.18. The molecular weight excluding hydrogens is 653 g/mol. The number of sulfonamides is 1. The number of carbonyl (C=O) groups excluding carboxylic acids is 1. The monoisotopic (exact) mass is 700 g/mol. The molecule has 2 aromatic carbocycles. The van der Waals surface area contributed by atoms with Crippen LogP contribution in [0.5, 0.6) is 11.6 Å². The molecule has 0 unspecified atom stereocenters. The molecule has 0 fully saturated rings. The second-order valence-electron chi connectivity index (χ2n) is 14.8. The van der Waals surface area contributed by atoms with Gasteiger partial charge >= 0.3 is 0 Å². The quantitative estimate of drug-likeness (QED) is 0.203. The maximum absolute atomic E-state index is 14.4. The third-order valence-corrected chi connectivity index (χ3v) is 9.60. The van der Waals surface area contributed by atoms with Crippen LogP contribution in [0, 0.1) is 25.2 Å². The van der Waals surface area contributed by atoms with Gasteiger partial charge in [0.2, 0.25) is 11.8 Å². The van der Waals surface area contributed by atoms with Gasteiger partial charge in [0.05, 0.1) is 41.7 Å². The van der Waals surface area contributed by atoms with Crippen molar-refractivity contribution >= 4 is 21.9 Å². The second-order valence-corrected chi connectivity index (χ2v) is 16.5. The number of aryl methyl sites for hydroxylation is 1. The molecular formula is C38H48N6O5S. The van der Waals surface area contributed by atoms with Crippen molar-refractivity contribution in [3.05, 3.63) is 82.9 Å². The first-order valence-corrected chi connectivity index (χ1v) is 18.5. The van der Waals surface area contributed by atoms with Gasteiger partial charge in [0.25, 0.3) is 15.9 Å². The van der Waals surface area contributed by atoms with E-state index in [0.717, 1.165) is 23.1 Å². The number of hydrogen-bond donors (Lipinski definition) is 1. The van der Waals surface area contributed by atoms with Gasteiger partial charge in [0.15, 0.2) is 5.75 Å². The predicted molar refractivity (Wildman–Crippen MR) is 194 cm³/mol. The third-order valence-electron chi connectivity index (χ3n) is 8.27. The Kier molecular flexibility index (Phi) is 10.8. The number of nitrogens with one attached hydrogen (secondary N) is 1. The van der Waals surface area contributed by atoms with Crippen molar-refractivity contribution in [3.8, 4) is 22.9 Å². The Bertz CT molecular complexity index is 1960. The minimum Gasteiger partial charge on any atom is -0.488 e. The summed E-state index contributed by atoms with van der Waals surface area (Å²) in [4.78, 5) is 34.4. The molecule has 3 heterocycles. The number of benzene rings is 2. The normalized spacial score (nSPS) is 16.3. The largest absolute Gasteiger partial charge is 0.488 e. The molecule has 2 aromatic heterocycles. The first-order valence-electron chi connectivity index (χ1n) is 17.0. The number of ether oxygens (including phenoxy) is 2. The molecule has 266 valence electrons. The average Bonchev–Trinajstić information content (AvgIpc) is 3.02. The molecule has 12 heteroatoms. The van der Waals surface area contributed by atoms with Crippen molar-refractivity contribution in [2.24, 2.45) is 11.3 Å². The van der Waals surface area contributed by atoms with Crippen molar-refractivity contribution < 1.29 is 22.7 Å². The van der Waals surface area contributed by atoms with E-state index >= 15 is 0 Å². The molecule has 5 rings (SSSR count). The van der Waals surface area contributed by atoms with Crippen LogP contribution in [-0.4, -0.2) is 57.9 Å². The summed E-state index contributed by atoms with van der Waals surface area (Å²) >= 11 is 0. The van der Waals surface area contributed by atoms with Gasteiger partial charge in [0.1, 0.15) is 12.4 Å². The second kappa shape index (κ2) is 14.7. The smallest absolute Gasteiger partial charge is 0.264 e. The van der Waals surface area contributed by atoms with Gasteiger partial charge in [-0.15, -0.1) is 0 Å². The molecule has 1 aliphatic rings. The Balaban J connectivity index is 1.68. The molecule has 0 saturated carbocycles. The van der Waals surface area contributed by atoms with Gasteiger partial charge < -0.3 is 14.4 Å². The van der Waals surface area contributed by atoms with Crippen molar-refractivity contribution in [3.63, 3.8) is 0 Å². The lowest BCUT2D eigenvalue weighted by molar-refractivity contribution is 0.0504. The summed E-state index contributed by atoms with van der Waals surface area (Å²) in [5.74, 6) is 1.05. The summed E-state index contributed by atoms with van der Waals surface area (Å²) in [5, 5.41) is 0. The van der Waals surface area contributed by atoms with Crippen LogP contribution in [-0.2, 0) is 23.0 Å². The molecule has 0 radical (unpaired) electrons. The SMILES string of the molecule is Cc1cccc(CC(C)C)c1-c1nc2nc(c1C)OC[C@@H](CC(C)(C)C)N(Cc1ncc(OC(C)C)cn1)C(=O)c1cccc(c1)S(=O)(=O)N2. The molecule has 0 saturated heterocycles. The van der Waals surface area contributed by atoms with Crippen LogP contribution in [0.25, 0.3) is 11.3 Å². The van der Waals surface area contributed by atoms with Gasteiger partial charge in [-0.1, -0.05) is 58.9 Å². The van der Waals surface area contributed by atoms with E-state index in [2.05, 4.69) is 60.4 Å². The summed E-state index contributed by atoms with van der Waals surface area (Å²) in [6.45, 7) is 18.5. The number of hydrogen-bond acceptors (Lipinski definition) is 9. The average molecular weight is 701 g/mol. The van der Waals surface area contributed by atoms with Crippen LogP contribution in [0.2, 0.25) is 0 Å². The lowest BCUT2D eigenvalue weighted by Gasteiger charge is -2.35. The van der Waals surface area contributed by atoms with Crippen LogP contribution in [0.1, 0.15) is 87.8 Å². The maximum atomic E-state index is 14.4. The number of fused-ring (bicyclic) bond motifs is 4. The molecule has 1 atom stereocenters. The van der Waals surface area contributed by atoms with Crippen molar-refractivity contribution in [2.45, 2.75) is 98.7 Å². The zero-order valence-electron chi connectivity index (χ0n) is 30.4. The van der Waals surface area contributed by atoms with Crippen molar-refractivity contribution in [1.82, 2.24) is 24.8 Å². The van der Waals surface area contributed by atoms with Crippen molar-refractivity contribution in [2.75, 3.05) is 11.3 Å². The number of nitrogens with zero attached hydrogens (tertiary/aromatic N) is 5. The molecule has 4 bridgehead atoms. The minimum absolute atomic E-state index is 0.0459. The van der Waals surface area contributed by atoms with E-state index < -0.39 is 16.1 Å². The van der Waals surface area contributed by atoms with Gasteiger partial charge in [-0.2, -0.15) is 4.98 Å². The first kappa shape index (κ1) is 36.7. The Hall–Kier alpha value is -4.58. The summed E-state index contributed by atoms with van der Waals surface area (Å²) in [6.07, 6.45) is 4.50. The number of carbonyl (C=O) groups is 1. The Morgan fingerprint density at radius 2 is 1.72 bits per heavy atom. The highest BCUT2D eigenvalue weighted by molar-refractivity contribution is 7.92. The third kappa shape index (κ3) is 8.76. The number of anilines is 1. The van der Waals surface area contributed by atoms with E-state index in [0.29, 0.717) is 35.2 Å². The molecule has 1 N–H and O–H groups in total. The molecule has 1 amide bonds. The van der Waals surface area contributed by atoms with Gasteiger partial charge in [-0.05, 0) is 81.2 Å². The van der Waals surface area contributed by atoms with Crippen LogP contribution in [0.3, 0.4) is 0 Å². The van der Waals surface area contributed by atoms with Crippen LogP contribution >= 0.6 is 0 Å². The number of amides is 1. The van der Waals surface area contributed by atoms with E-state index in [9.17, 15) is 13.2 Å². The van der Waals surface area contributed by atoms with E-state index in [-0.39, 0.29) is 52.9 Å². The Morgan fingerprint density at radius 3 is 2.38 bits per heavy atom. The number of aromatic nitrogens is 4. The fraction of sp³-hybridized carbons (Fsp3) is 0.447. The molecule has 4 aromatic rings. The highest BCUT2D eigenvalue weighted by Crippen LogP contribution is 2.36. The zero-order valence-corrected chi connectivity index (χ0v) is 31.3. The lowest BCUT2D eigenvalue weighted by atomic mass is 9.87. The Labute approximate surface area is 296 Å². The van der Waals surface area contributed by atoms with E-state index in [1.807, 2.05) is 39.8 Å². The molecule has 50 heavy (non-hydrogen) atoms. The molecule has 0 aliphatic carbocycles. The maximum Gasteiger partial charge on any atom is 0.264 e. The topological polar surface area (TPSA) is 136 Å². The summed E-state index contributed by atoms with van der Waals surface area (Å²) in [6, 6.07) is 11.6. The molecule has 0 spiro atoms. The number of rotatable bonds is 8. The standard InChI is InChI=1S/C38H48N6O5S/c1-23(2)16-27-13-10-12-25(5)33(27)34-26(6)35-42-37(41-34)43-50(46,47)31-15-11-14-28(17-31)36(45)44(29(22-48-35)18-38(7,8)9)21-32-39-19-30(20-40-32)49-24(3)4/h10-15,17,19-20,23-24,29H,16,18,21-22H2,1-9H3,(H,41,42,43)/t29-/m1/s1. The zero-order chi connectivity index (χ0) is 36.4. The van der Waals surface area contributed by atoms with E-state index in [4.69, 9.17) is 14.5 Å². The highest BCUT2D eigenvalue weighted by Gasteiger charge is 2.32. The van der Waals surface area contributed by atoms with Crippen molar-refractivity contribution in [1.29, 1.82) is 0 Å². The van der Waals surface area contributed by atoms with Crippen LogP contribution < -0.4 is 14.2 Å². The highest BCUT2D eigenvalue weighted by atomic mass is 32.2. The summed E-state index contributed by atoms with van der Waals surface area (Å²) in [5.41, 5.74) is 4.26. The van der Waals surface area contributed by atoms with Gasteiger partial charge in [-0.3, -0.25) is 4.79 Å². The fourth-order valence-electron chi connectivity index (χ4n) is 6.16. The first-order chi connectivity index (χ1) is 23.5. The molecule has 1 aliphatic heterocycles. The molecule has 11 nitrogen and oxygen atoms in total. The van der Waals surface area contributed by atoms with E-state index in [1.54, 1.807) is 29.4 Å². The van der Waals surface area contributed by atoms with Gasteiger partial charge in [-0.25, -0.2) is 28.1 Å². The summed E-state index contributed by atoms with van der Waals surface area (Å²) in [7, 11) is -4.21. The van der Waals surface area contributed by atoms with Crippen LogP contribution in [0.15, 0.2) is 59.8 Å².